The summed E-state index contributed by atoms with van der Waals surface area (Å²) in [6.07, 6.45) is 0. The van der Waals surface area contributed by atoms with E-state index in [4.69, 9.17) is 11.6 Å². The molecule has 0 unspecified atom stereocenters. The lowest BCUT2D eigenvalue weighted by Crippen LogP contribution is -2.51. The second-order valence-electron chi connectivity index (χ2n) is 5.64. The average Bonchev–Trinajstić information content (AvgIpc) is 2.57. The summed E-state index contributed by atoms with van der Waals surface area (Å²) < 4.78 is 0. The summed E-state index contributed by atoms with van der Waals surface area (Å²) in [5, 5.41) is 0.626. The fourth-order valence-electron chi connectivity index (χ4n) is 2.75. The minimum absolute atomic E-state index is 0.0244. The molecule has 0 aromatic heterocycles. The van der Waals surface area contributed by atoms with E-state index in [2.05, 4.69) is 4.90 Å². The van der Waals surface area contributed by atoms with Crippen molar-refractivity contribution in [1.82, 2.24) is 14.7 Å². The van der Waals surface area contributed by atoms with E-state index < -0.39 is 0 Å². The third-order valence-corrected chi connectivity index (χ3v) is 4.48. The number of amides is 2. The molecule has 23 heavy (non-hydrogen) atoms. The van der Waals surface area contributed by atoms with Crippen LogP contribution < -0.4 is 0 Å². The molecule has 6 heteroatoms. The van der Waals surface area contributed by atoms with Crippen molar-refractivity contribution in [2.45, 2.75) is 13.8 Å². The molecule has 126 valence electrons. The van der Waals surface area contributed by atoms with Crippen LogP contribution in [0.25, 0.3) is 0 Å². The lowest BCUT2D eigenvalue weighted by Gasteiger charge is -2.35. The highest BCUT2D eigenvalue weighted by atomic mass is 35.5. The van der Waals surface area contributed by atoms with Gasteiger partial charge < -0.3 is 9.80 Å². The van der Waals surface area contributed by atoms with Crippen LogP contribution in [0, 0.1) is 0 Å². The van der Waals surface area contributed by atoms with Gasteiger partial charge in [-0.1, -0.05) is 11.6 Å². The monoisotopic (exact) mass is 337 g/mol. The summed E-state index contributed by atoms with van der Waals surface area (Å²) in [5.74, 6) is 0.184. The zero-order chi connectivity index (χ0) is 16.8. The number of likely N-dealkylation sites (N-methyl/N-ethyl adjacent to an activating group) is 1. The fraction of sp³-hybridized carbons (Fsp3) is 0.529. The first-order valence-electron chi connectivity index (χ1n) is 8.10. The standard InChI is InChI=1S/C17H24ClN3O2/c1-3-20(4-2)16(22)13-19-9-11-21(12-10-19)17(23)14-5-7-15(18)8-6-14/h5-8H,3-4,9-13H2,1-2H3. The Kier molecular flexibility index (Phi) is 6.42. The Morgan fingerprint density at radius 3 is 2.13 bits per heavy atom. The first kappa shape index (κ1) is 17.8. The predicted molar refractivity (Wildman–Crippen MR) is 91.7 cm³/mol. The fourth-order valence-corrected chi connectivity index (χ4v) is 2.88. The molecule has 1 aliphatic rings. The van der Waals surface area contributed by atoms with Gasteiger partial charge in [0.1, 0.15) is 0 Å². The van der Waals surface area contributed by atoms with Crippen LogP contribution in [0.5, 0.6) is 0 Å². The average molecular weight is 338 g/mol. The smallest absolute Gasteiger partial charge is 0.253 e. The van der Waals surface area contributed by atoms with Gasteiger partial charge in [0.15, 0.2) is 0 Å². The zero-order valence-corrected chi connectivity index (χ0v) is 14.6. The molecule has 1 aromatic rings. The third-order valence-electron chi connectivity index (χ3n) is 4.23. The predicted octanol–water partition coefficient (Wildman–Crippen LogP) is 1.97. The number of carbonyl (C=O) groups excluding carboxylic acids is 2. The molecule has 0 spiro atoms. The van der Waals surface area contributed by atoms with Crippen LogP contribution in [-0.4, -0.2) is 72.3 Å². The summed E-state index contributed by atoms with van der Waals surface area (Å²) in [4.78, 5) is 30.4. The van der Waals surface area contributed by atoms with Crippen molar-refractivity contribution in [2.24, 2.45) is 0 Å². The van der Waals surface area contributed by atoms with Crippen LogP contribution >= 0.6 is 11.6 Å². The molecule has 2 amide bonds. The van der Waals surface area contributed by atoms with Crippen molar-refractivity contribution < 1.29 is 9.59 Å². The van der Waals surface area contributed by atoms with Crippen LogP contribution in [0.2, 0.25) is 5.02 Å². The van der Waals surface area contributed by atoms with Crippen molar-refractivity contribution in [3.63, 3.8) is 0 Å². The van der Waals surface area contributed by atoms with Gasteiger partial charge in [0.2, 0.25) is 5.91 Å². The molecule has 1 fully saturated rings. The van der Waals surface area contributed by atoms with E-state index in [0.717, 1.165) is 26.2 Å². The van der Waals surface area contributed by atoms with Crippen molar-refractivity contribution in [1.29, 1.82) is 0 Å². The Bertz CT molecular complexity index is 535. The molecule has 1 heterocycles. The number of rotatable bonds is 5. The van der Waals surface area contributed by atoms with Gasteiger partial charge in [-0.2, -0.15) is 0 Å². The van der Waals surface area contributed by atoms with E-state index >= 15 is 0 Å². The van der Waals surface area contributed by atoms with E-state index in [9.17, 15) is 9.59 Å². The number of benzene rings is 1. The van der Waals surface area contributed by atoms with Gasteiger partial charge in [-0.25, -0.2) is 0 Å². The summed E-state index contributed by atoms with van der Waals surface area (Å²) >= 11 is 5.85. The molecule has 0 N–H and O–H groups in total. The highest BCUT2D eigenvalue weighted by molar-refractivity contribution is 6.30. The maximum absolute atomic E-state index is 12.4. The molecule has 5 nitrogen and oxygen atoms in total. The minimum Gasteiger partial charge on any atom is -0.342 e. The lowest BCUT2D eigenvalue weighted by atomic mass is 10.2. The zero-order valence-electron chi connectivity index (χ0n) is 13.8. The second-order valence-corrected chi connectivity index (χ2v) is 6.08. The second kappa shape index (κ2) is 8.31. The first-order valence-corrected chi connectivity index (χ1v) is 8.48. The van der Waals surface area contributed by atoms with Gasteiger partial charge >= 0.3 is 0 Å². The molecule has 0 atom stereocenters. The molecule has 1 saturated heterocycles. The maximum atomic E-state index is 12.4. The van der Waals surface area contributed by atoms with Crippen molar-refractivity contribution in [2.75, 3.05) is 45.8 Å². The van der Waals surface area contributed by atoms with E-state index in [1.54, 1.807) is 24.3 Å². The Morgan fingerprint density at radius 2 is 1.61 bits per heavy atom. The normalized spacial score (nSPS) is 15.5. The number of hydrogen-bond donors (Lipinski definition) is 0. The molecule has 0 bridgehead atoms. The Balaban J connectivity index is 1.85. The highest BCUT2D eigenvalue weighted by Crippen LogP contribution is 2.13. The van der Waals surface area contributed by atoms with Gasteiger partial charge in [-0.15, -0.1) is 0 Å². The molecule has 2 rings (SSSR count). The third kappa shape index (κ3) is 4.69. The Labute approximate surface area is 142 Å². The highest BCUT2D eigenvalue weighted by Gasteiger charge is 2.24. The number of halogens is 1. The number of carbonyl (C=O) groups is 2. The van der Waals surface area contributed by atoms with Crippen molar-refractivity contribution in [3.8, 4) is 0 Å². The van der Waals surface area contributed by atoms with Crippen molar-refractivity contribution >= 4 is 23.4 Å². The minimum atomic E-state index is 0.0244. The van der Waals surface area contributed by atoms with Crippen molar-refractivity contribution in [3.05, 3.63) is 34.9 Å². The van der Waals surface area contributed by atoms with Gasteiger partial charge in [0.25, 0.3) is 5.91 Å². The summed E-state index contributed by atoms with van der Waals surface area (Å²) in [7, 11) is 0. The molecule has 0 saturated carbocycles. The molecule has 0 radical (unpaired) electrons. The van der Waals surface area contributed by atoms with E-state index in [1.165, 1.54) is 0 Å². The SMILES string of the molecule is CCN(CC)C(=O)CN1CCN(C(=O)c2ccc(Cl)cc2)CC1. The van der Waals surface area contributed by atoms with Crippen LogP contribution in [0.15, 0.2) is 24.3 Å². The lowest BCUT2D eigenvalue weighted by molar-refractivity contribution is -0.132. The quantitative estimate of drug-likeness (QED) is 0.825. The van der Waals surface area contributed by atoms with Crippen LogP contribution in [-0.2, 0) is 4.79 Å². The van der Waals surface area contributed by atoms with E-state index in [1.807, 2.05) is 23.6 Å². The molecular weight excluding hydrogens is 314 g/mol. The number of hydrogen-bond acceptors (Lipinski definition) is 3. The largest absolute Gasteiger partial charge is 0.342 e. The van der Waals surface area contributed by atoms with Crippen LogP contribution in [0.3, 0.4) is 0 Å². The van der Waals surface area contributed by atoms with E-state index in [0.29, 0.717) is 30.2 Å². The van der Waals surface area contributed by atoms with Gasteiger partial charge in [-0.3, -0.25) is 14.5 Å². The Hall–Kier alpha value is -1.59. The van der Waals surface area contributed by atoms with Gasteiger partial charge in [0.05, 0.1) is 6.54 Å². The number of piperazine rings is 1. The molecule has 1 aromatic carbocycles. The topological polar surface area (TPSA) is 43.9 Å². The summed E-state index contributed by atoms with van der Waals surface area (Å²) in [6, 6.07) is 6.96. The number of nitrogens with zero attached hydrogens (tertiary/aromatic N) is 3. The molecule has 0 aliphatic carbocycles. The van der Waals surface area contributed by atoms with Gasteiger partial charge in [0, 0.05) is 49.9 Å². The summed E-state index contributed by atoms with van der Waals surface area (Å²) in [6.45, 7) is 8.65. The molecular formula is C17H24ClN3O2. The molecule has 1 aliphatic heterocycles. The van der Waals surface area contributed by atoms with Crippen LogP contribution in [0.4, 0.5) is 0 Å². The van der Waals surface area contributed by atoms with Gasteiger partial charge in [-0.05, 0) is 38.1 Å². The first-order chi connectivity index (χ1) is 11.0. The van der Waals surface area contributed by atoms with E-state index in [-0.39, 0.29) is 11.8 Å². The Morgan fingerprint density at radius 1 is 1.04 bits per heavy atom. The summed E-state index contributed by atoms with van der Waals surface area (Å²) in [5.41, 5.74) is 0.655. The van der Waals surface area contributed by atoms with Crippen LogP contribution in [0.1, 0.15) is 24.2 Å². The maximum Gasteiger partial charge on any atom is 0.253 e.